The zero-order valence-corrected chi connectivity index (χ0v) is 13.5. The molecule has 5 nitrogen and oxygen atoms in total. The maximum atomic E-state index is 11.9. The van der Waals surface area contributed by atoms with Gasteiger partial charge in [0.1, 0.15) is 17.4 Å². The van der Waals surface area contributed by atoms with Gasteiger partial charge in [-0.15, -0.1) is 0 Å². The molecule has 0 saturated heterocycles. The van der Waals surface area contributed by atoms with E-state index in [4.69, 9.17) is 9.68 Å². The predicted molar refractivity (Wildman–Crippen MR) is 86.8 cm³/mol. The van der Waals surface area contributed by atoms with Crippen LogP contribution in [0.4, 0.5) is 5.69 Å². The number of hydrogen-bond acceptors (Lipinski definition) is 4. The Balaban J connectivity index is 2.00. The molecule has 2 aromatic rings. The van der Waals surface area contributed by atoms with Gasteiger partial charge in [0.05, 0.1) is 18.5 Å². The summed E-state index contributed by atoms with van der Waals surface area (Å²) in [5.74, 6) is 0.162. The molecule has 0 radical (unpaired) electrons. The lowest BCUT2D eigenvalue weighted by molar-refractivity contribution is -0.117. The van der Waals surface area contributed by atoms with Crippen LogP contribution in [0.3, 0.4) is 0 Å². The molecule has 0 fully saturated rings. The maximum absolute atomic E-state index is 11.9. The van der Waals surface area contributed by atoms with Crippen LogP contribution in [0.5, 0.6) is 0 Å². The number of carbonyl (C=O) groups excluding carboxylic acids is 1. The predicted octanol–water partition coefficient (Wildman–Crippen LogP) is 3.49. The summed E-state index contributed by atoms with van der Waals surface area (Å²) < 4.78 is 5.97. The summed E-state index contributed by atoms with van der Waals surface area (Å²) in [5, 5.41) is 14.7. The minimum absolute atomic E-state index is 0.0148. The van der Waals surface area contributed by atoms with Gasteiger partial charge in [-0.1, -0.05) is 6.07 Å². The molecule has 1 amide bonds. The van der Waals surface area contributed by atoms with Gasteiger partial charge in [0.25, 0.3) is 5.91 Å². The molecule has 2 N–H and O–H groups in total. The van der Waals surface area contributed by atoms with Crippen molar-refractivity contribution in [2.24, 2.45) is 0 Å². The normalized spacial score (nSPS) is 10.9. The van der Waals surface area contributed by atoms with Crippen molar-refractivity contribution in [3.05, 3.63) is 64.2 Å². The van der Waals surface area contributed by atoms with Crippen LogP contribution in [-0.4, -0.2) is 5.91 Å². The van der Waals surface area contributed by atoms with E-state index in [9.17, 15) is 4.79 Å². The molecule has 0 bridgehead atoms. The lowest BCUT2D eigenvalue weighted by atomic mass is 10.2. The summed E-state index contributed by atoms with van der Waals surface area (Å²) in [6.45, 7) is 2.21. The Morgan fingerprint density at radius 3 is 2.91 bits per heavy atom. The molecule has 1 aromatic carbocycles. The van der Waals surface area contributed by atoms with E-state index in [1.54, 1.807) is 12.1 Å². The number of halogens is 1. The fraction of sp³-hybridized carbons (Fsp3) is 0.125. The van der Waals surface area contributed by atoms with Gasteiger partial charge >= 0.3 is 0 Å². The van der Waals surface area contributed by atoms with Gasteiger partial charge < -0.3 is 15.1 Å². The lowest BCUT2D eigenvalue weighted by Crippen LogP contribution is -2.24. The van der Waals surface area contributed by atoms with E-state index in [1.165, 1.54) is 12.5 Å². The van der Waals surface area contributed by atoms with E-state index in [2.05, 4.69) is 26.6 Å². The maximum Gasteiger partial charge on any atom is 0.263 e. The van der Waals surface area contributed by atoms with Crippen LogP contribution < -0.4 is 10.6 Å². The van der Waals surface area contributed by atoms with E-state index >= 15 is 0 Å². The van der Waals surface area contributed by atoms with Crippen molar-refractivity contribution < 1.29 is 9.21 Å². The summed E-state index contributed by atoms with van der Waals surface area (Å²) in [6, 6.07) is 11.1. The first kappa shape index (κ1) is 15.9. The number of benzene rings is 1. The fourth-order valence-corrected chi connectivity index (χ4v) is 2.32. The molecular formula is C16H14BrN3O2. The highest BCUT2D eigenvalue weighted by molar-refractivity contribution is 9.10. The van der Waals surface area contributed by atoms with Crippen molar-refractivity contribution in [1.29, 1.82) is 5.26 Å². The van der Waals surface area contributed by atoms with E-state index in [1.807, 2.05) is 31.2 Å². The number of nitrogens with one attached hydrogen (secondary N) is 2. The van der Waals surface area contributed by atoms with Crippen molar-refractivity contribution in [2.75, 3.05) is 5.32 Å². The Labute approximate surface area is 136 Å². The van der Waals surface area contributed by atoms with Gasteiger partial charge in [-0.3, -0.25) is 4.79 Å². The minimum Gasteiger partial charge on any atom is -0.467 e. The number of anilines is 1. The number of amides is 1. The summed E-state index contributed by atoms with van der Waals surface area (Å²) >= 11 is 3.43. The number of hydrogen-bond donors (Lipinski definition) is 2. The van der Waals surface area contributed by atoms with Gasteiger partial charge in [-0.2, -0.15) is 5.26 Å². The van der Waals surface area contributed by atoms with Crippen molar-refractivity contribution in [3.63, 3.8) is 0 Å². The second kappa shape index (κ2) is 7.48. The van der Waals surface area contributed by atoms with Crippen molar-refractivity contribution in [3.8, 4) is 6.07 Å². The Hall–Kier alpha value is -2.52. The summed E-state index contributed by atoms with van der Waals surface area (Å²) in [6.07, 6.45) is 2.91. The lowest BCUT2D eigenvalue weighted by Gasteiger charge is -2.06. The monoisotopic (exact) mass is 359 g/mol. The zero-order chi connectivity index (χ0) is 15.9. The SMILES string of the molecule is Cc1ccc(N/C=C(/C#N)C(=O)NCc2ccco2)c(Br)c1. The van der Waals surface area contributed by atoms with E-state index in [-0.39, 0.29) is 12.1 Å². The molecule has 6 heteroatoms. The van der Waals surface area contributed by atoms with E-state index < -0.39 is 5.91 Å². The van der Waals surface area contributed by atoms with E-state index in [0.29, 0.717) is 5.76 Å². The molecule has 2 rings (SSSR count). The first-order chi connectivity index (χ1) is 10.6. The Morgan fingerprint density at radius 1 is 1.45 bits per heavy atom. The molecule has 22 heavy (non-hydrogen) atoms. The average Bonchev–Trinajstić information content (AvgIpc) is 3.01. The molecule has 1 heterocycles. The first-order valence-electron chi connectivity index (χ1n) is 6.53. The van der Waals surface area contributed by atoms with Crippen LogP contribution in [0.2, 0.25) is 0 Å². The summed E-state index contributed by atoms with van der Waals surface area (Å²) in [7, 11) is 0. The van der Waals surface area contributed by atoms with Crippen LogP contribution in [0.25, 0.3) is 0 Å². The summed E-state index contributed by atoms with van der Waals surface area (Å²) in [4.78, 5) is 11.9. The van der Waals surface area contributed by atoms with Gasteiger partial charge in [0.15, 0.2) is 0 Å². The van der Waals surface area contributed by atoms with Gasteiger partial charge in [-0.05, 0) is 52.7 Å². The van der Waals surface area contributed by atoms with Gasteiger partial charge in [-0.25, -0.2) is 0 Å². The molecule has 0 unspecified atom stereocenters. The third-order valence-corrected chi connectivity index (χ3v) is 3.52. The molecule has 0 aliphatic heterocycles. The highest BCUT2D eigenvalue weighted by Gasteiger charge is 2.09. The molecule has 1 aromatic heterocycles. The molecule has 112 valence electrons. The van der Waals surface area contributed by atoms with Crippen LogP contribution in [0, 0.1) is 18.3 Å². The molecular weight excluding hydrogens is 346 g/mol. The highest BCUT2D eigenvalue weighted by atomic mass is 79.9. The fourth-order valence-electron chi connectivity index (χ4n) is 1.71. The van der Waals surface area contributed by atoms with Gasteiger partial charge in [0.2, 0.25) is 0 Å². The molecule has 0 aliphatic rings. The molecule has 0 aliphatic carbocycles. The summed E-state index contributed by atoms with van der Waals surface area (Å²) in [5.41, 5.74) is 1.87. The number of furan rings is 1. The van der Waals surface area contributed by atoms with Crippen LogP contribution in [-0.2, 0) is 11.3 Å². The second-order valence-corrected chi connectivity index (χ2v) is 5.41. The highest BCUT2D eigenvalue weighted by Crippen LogP contribution is 2.23. The Morgan fingerprint density at radius 2 is 2.27 bits per heavy atom. The average molecular weight is 360 g/mol. The number of nitriles is 1. The number of nitrogens with zero attached hydrogens (tertiary/aromatic N) is 1. The largest absolute Gasteiger partial charge is 0.467 e. The number of rotatable bonds is 5. The second-order valence-electron chi connectivity index (χ2n) is 4.56. The quantitative estimate of drug-likeness (QED) is 0.632. The Kier molecular flexibility index (Phi) is 5.39. The van der Waals surface area contributed by atoms with Crippen molar-refractivity contribution in [2.45, 2.75) is 13.5 Å². The molecule has 0 spiro atoms. The third-order valence-electron chi connectivity index (χ3n) is 2.86. The third kappa shape index (κ3) is 4.24. The zero-order valence-electron chi connectivity index (χ0n) is 11.9. The number of carbonyl (C=O) groups is 1. The van der Waals surface area contributed by atoms with Crippen molar-refractivity contribution >= 4 is 27.5 Å². The standard InChI is InChI=1S/C16H14BrN3O2/c1-11-4-5-15(14(17)7-11)19-9-12(8-18)16(21)20-10-13-3-2-6-22-13/h2-7,9,19H,10H2,1H3,(H,20,21)/b12-9-. The van der Waals surface area contributed by atoms with E-state index in [0.717, 1.165) is 15.7 Å². The van der Waals surface area contributed by atoms with Crippen LogP contribution in [0.15, 0.2) is 57.3 Å². The minimum atomic E-state index is -0.463. The topological polar surface area (TPSA) is 78.1 Å². The molecule has 0 saturated carbocycles. The van der Waals surface area contributed by atoms with Crippen LogP contribution in [0.1, 0.15) is 11.3 Å². The van der Waals surface area contributed by atoms with Gasteiger partial charge in [0, 0.05) is 10.7 Å². The Bertz CT molecular complexity index is 730. The first-order valence-corrected chi connectivity index (χ1v) is 7.33. The number of aryl methyl sites for hydroxylation is 1. The smallest absolute Gasteiger partial charge is 0.263 e. The van der Waals surface area contributed by atoms with Crippen LogP contribution >= 0.6 is 15.9 Å². The molecule has 0 atom stereocenters. The van der Waals surface area contributed by atoms with Crippen molar-refractivity contribution in [1.82, 2.24) is 5.32 Å².